The Labute approximate surface area is 319 Å². The molecule has 21 heteroatoms. The molecule has 4 aromatic heterocycles. The quantitative estimate of drug-likeness (QED) is 0.107. The summed E-state index contributed by atoms with van der Waals surface area (Å²) in [5, 5.41) is 23.6. The fraction of sp³-hybridized carbons (Fsp3) is 0.121. The average molecular weight is 836 g/mol. The summed E-state index contributed by atoms with van der Waals surface area (Å²) in [6.07, 6.45) is 18.1. The topological polar surface area (TPSA) is 253 Å². The first-order chi connectivity index (χ1) is 25.7. The molecule has 278 valence electrons. The van der Waals surface area contributed by atoms with Gasteiger partial charge in [-0.25, -0.2) is 56.7 Å². The highest BCUT2D eigenvalue weighted by Crippen LogP contribution is 2.15. The van der Waals surface area contributed by atoms with E-state index in [0.29, 0.717) is 25.0 Å². The first-order valence-electron chi connectivity index (χ1n) is 15.4. The van der Waals surface area contributed by atoms with Gasteiger partial charge in [0.25, 0.3) is 0 Å². The van der Waals surface area contributed by atoms with Gasteiger partial charge in [-0.1, -0.05) is 24.3 Å². The van der Waals surface area contributed by atoms with Crippen LogP contribution in [0.1, 0.15) is 27.0 Å². The van der Waals surface area contributed by atoms with Crippen LogP contribution in [0.15, 0.2) is 125 Å². The molecule has 0 saturated carbocycles. The van der Waals surface area contributed by atoms with Crippen LogP contribution < -0.4 is 16.1 Å². The second-order valence-electron chi connectivity index (χ2n) is 11.1. The molecule has 0 saturated heterocycles. The lowest BCUT2D eigenvalue weighted by atomic mass is 9.80. The normalized spacial score (nSPS) is 10.8. The van der Waals surface area contributed by atoms with Gasteiger partial charge in [-0.2, -0.15) is 0 Å². The number of anilines is 2. The molecule has 0 fully saturated rings. The Balaban J connectivity index is 0.000000197. The van der Waals surface area contributed by atoms with Gasteiger partial charge in [-0.15, -0.1) is 0 Å². The Morgan fingerprint density at radius 2 is 1.09 bits per heavy atom. The number of benzene rings is 2. The van der Waals surface area contributed by atoms with Crippen molar-refractivity contribution in [1.82, 2.24) is 39.9 Å². The van der Waals surface area contributed by atoms with Crippen LogP contribution in [0.5, 0.6) is 0 Å². The van der Waals surface area contributed by atoms with Gasteiger partial charge in [0, 0.05) is 91.9 Å². The molecule has 0 spiro atoms. The van der Waals surface area contributed by atoms with E-state index >= 15 is 0 Å². The molecule has 0 aliphatic rings. The number of hydrogen-bond acceptors (Lipinski definition) is 17. The molecular formula is C33H32BBrN10O7S2. The number of nitrogens with one attached hydrogen (secondary N) is 2. The molecule has 2 aromatic carbocycles. The molecule has 4 heterocycles. The minimum Gasteiger partial charge on any atom is -0.423 e. The summed E-state index contributed by atoms with van der Waals surface area (Å²) in [6, 6.07) is 11.4. The van der Waals surface area contributed by atoms with Crippen molar-refractivity contribution in [2.45, 2.75) is 22.9 Å². The number of halogens is 1. The summed E-state index contributed by atoms with van der Waals surface area (Å²) >= 11 is 3.27. The van der Waals surface area contributed by atoms with Gasteiger partial charge >= 0.3 is 7.12 Å². The average Bonchev–Trinajstić information content (AvgIpc) is 3.17. The van der Waals surface area contributed by atoms with Crippen LogP contribution in [0.4, 0.5) is 11.9 Å². The van der Waals surface area contributed by atoms with Crippen molar-refractivity contribution >= 4 is 65.9 Å². The van der Waals surface area contributed by atoms with Crippen molar-refractivity contribution < 1.29 is 31.7 Å². The van der Waals surface area contributed by atoms with Gasteiger partial charge in [0.2, 0.25) is 11.9 Å². The van der Waals surface area contributed by atoms with Crippen molar-refractivity contribution in [3.05, 3.63) is 137 Å². The molecule has 0 aliphatic heterocycles. The van der Waals surface area contributed by atoms with Crippen LogP contribution in [-0.2, 0) is 32.8 Å². The van der Waals surface area contributed by atoms with Crippen LogP contribution >= 0.6 is 15.9 Å². The lowest BCUT2D eigenvalue weighted by Crippen LogP contribution is -2.30. The monoisotopic (exact) mass is 834 g/mol. The summed E-state index contributed by atoms with van der Waals surface area (Å²) < 4.78 is 46.2. The predicted molar refractivity (Wildman–Crippen MR) is 203 cm³/mol. The molecule has 17 nitrogen and oxygen atoms in total. The maximum absolute atomic E-state index is 12.5. The van der Waals surface area contributed by atoms with Crippen LogP contribution in [0.2, 0.25) is 0 Å². The van der Waals surface area contributed by atoms with E-state index < -0.39 is 26.8 Å². The van der Waals surface area contributed by atoms with Crippen LogP contribution in [0.3, 0.4) is 0 Å². The van der Waals surface area contributed by atoms with Crippen LogP contribution in [0.25, 0.3) is 0 Å². The number of hydrogen-bond donors (Lipinski definition) is 4. The lowest BCUT2D eigenvalue weighted by molar-refractivity contribution is 0.103. The third-order valence-corrected chi connectivity index (χ3v) is 9.40. The molecule has 0 atom stereocenters. The zero-order valence-electron chi connectivity index (χ0n) is 28.6. The molecule has 0 bridgehead atoms. The molecule has 0 unspecified atom stereocenters. The highest BCUT2D eigenvalue weighted by molar-refractivity contribution is 9.10. The fourth-order valence-corrected chi connectivity index (χ4v) is 5.63. The van der Waals surface area contributed by atoms with Gasteiger partial charge in [0.05, 0.1) is 19.8 Å². The standard InChI is InChI=1S/C17H15N5O3S.C9H8BrN5.C7H9BO4S/c1-26(24,25)15-4-2-3-13(5-15)16(23)14-9-21-17(22-10-14)20-8-12-6-18-11-19-7-12;10-8-4-14-9(15-5-8)13-3-7-1-11-6-12-2-7;1-13(11,12)7-4-2-3-6(5-7)8(9)10/h2-7,9-11H,8H2,1H3,(H,20,21,22);1-2,4-6H,3H2,(H,13,14,15);2-5,9-10H,1H3. The van der Waals surface area contributed by atoms with E-state index in [-0.39, 0.29) is 32.2 Å². The molecule has 54 heavy (non-hydrogen) atoms. The molecule has 0 aliphatic carbocycles. The summed E-state index contributed by atoms with van der Waals surface area (Å²) in [5.74, 6) is 0.593. The van der Waals surface area contributed by atoms with Crippen molar-refractivity contribution in [3.8, 4) is 0 Å². The summed E-state index contributed by atoms with van der Waals surface area (Å²) in [7, 11) is -8.30. The Morgan fingerprint density at radius 3 is 1.56 bits per heavy atom. The maximum Gasteiger partial charge on any atom is 0.488 e. The number of nitrogens with zero attached hydrogens (tertiary/aromatic N) is 8. The second kappa shape index (κ2) is 19.5. The van der Waals surface area contributed by atoms with Crippen molar-refractivity contribution in [2.75, 3.05) is 23.1 Å². The van der Waals surface area contributed by atoms with Gasteiger partial charge in [-0.05, 0) is 45.7 Å². The third kappa shape index (κ3) is 13.4. The number of ketones is 1. The predicted octanol–water partition coefficient (Wildman–Crippen LogP) is 1.92. The molecule has 6 aromatic rings. The summed E-state index contributed by atoms with van der Waals surface area (Å²) in [6.45, 7) is 1.06. The highest BCUT2D eigenvalue weighted by atomic mass is 79.9. The van der Waals surface area contributed by atoms with Gasteiger partial charge in [0.1, 0.15) is 12.7 Å². The zero-order valence-corrected chi connectivity index (χ0v) is 31.8. The number of sulfone groups is 2. The Hall–Kier alpha value is -5.61. The largest absolute Gasteiger partial charge is 0.488 e. The number of carbonyl (C=O) groups is 1. The SMILES string of the molecule is Brc1cnc(NCc2cncnc2)nc1.CS(=O)(=O)c1cccc(B(O)O)c1.CS(=O)(=O)c1cccc(C(=O)c2cnc(NCc3cncnc3)nc2)c1. The first kappa shape index (κ1) is 41.2. The third-order valence-electron chi connectivity index (χ3n) is 6.77. The Bertz CT molecular complexity index is 2350. The van der Waals surface area contributed by atoms with Crippen molar-refractivity contribution in [3.63, 3.8) is 0 Å². The Morgan fingerprint density at radius 1 is 0.648 bits per heavy atom. The first-order valence-corrected chi connectivity index (χ1v) is 20.0. The minimum absolute atomic E-state index is 0.0816. The van der Waals surface area contributed by atoms with E-state index in [9.17, 15) is 21.6 Å². The fourth-order valence-electron chi connectivity index (χ4n) is 4.09. The number of rotatable bonds is 11. The van der Waals surface area contributed by atoms with Gasteiger partial charge in [0.15, 0.2) is 25.5 Å². The molecular weight excluding hydrogens is 803 g/mol. The Kier molecular flexibility index (Phi) is 14.8. The van der Waals surface area contributed by atoms with E-state index in [2.05, 4.69) is 66.4 Å². The van der Waals surface area contributed by atoms with E-state index in [4.69, 9.17) is 10.0 Å². The van der Waals surface area contributed by atoms with E-state index in [1.54, 1.807) is 43.2 Å². The zero-order chi connectivity index (χ0) is 39.1. The maximum atomic E-state index is 12.5. The molecule has 0 radical (unpaired) electrons. The number of aromatic nitrogens is 8. The van der Waals surface area contributed by atoms with Crippen molar-refractivity contribution in [2.24, 2.45) is 0 Å². The lowest BCUT2D eigenvalue weighted by Gasteiger charge is -2.06. The van der Waals surface area contributed by atoms with Gasteiger partial charge in [-0.3, -0.25) is 4.79 Å². The van der Waals surface area contributed by atoms with Crippen LogP contribution in [-0.4, -0.2) is 92.2 Å². The van der Waals surface area contributed by atoms with E-state index in [0.717, 1.165) is 28.1 Å². The molecule has 4 N–H and O–H groups in total. The van der Waals surface area contributed by atoms with E-state index in [1.165, 1.54) is 67.5 Å². The second-order valence-corrected chi connectivity index (χ2v) is 16.0. The molecule has 0 amide bonds. The summed E-state index contributed by atoms with van der Waals surface area (Å²) in [5.41, 5.74) is 2.56. The van der Waals surface area contributed by atoms with Gasteiger partial charge < -0.3 is 20.7 Å². The summed E-state index contributed by atoms with van der Waals surface area (Å²) in [4.78, 5) is 44.7. The number of carbonyl (C=O) groups excluding carboxylic acids is 1. The smallest absolute Gasteiger partial charge is 0.423 e. The molecule has 6 rings (SSSR count). The van der Waals surface area contributed by atoms with E-state index in [1.807, 2.05) is 0 Å². The van der Waals surface area contributed by atoms with Crippen LogP contribution in [0, 0.1) is 0 Å². The minimum atomic E-state index is -3.39. The highest BCUT2D eigenvalue weighted by Gasteiger charge is 2.15. The van der Waals surface area contributed by atoms with Crippen molar-refractivity contribution in [1.29, 1.82) is 0 Å².